The van der Waals surface area contributed by atoms with Gasteiger partial charge in [-0.05, 0) is 26.7 Å². The summed E-state index contributed by atoms with van der Waals surface area (Å²) >= 11 is 0. The molecule has 0 aliphatic heterocycles. The van der Waals surface area contributed by atoms with Crippen molar-refractivity contribution in [3.8, 4) is 0 Å². The topological polar surface area (TPSA) is 75.9 Å². The van der Waals surface area contributed by atoms with Crippen LogP contribution in [0.5, 0.6) is 0 Å². The van der Waals surface area contributed by atoms with E-state index in [9.17, 15) is 14.6 Å². The highest BCUT2D eigenvalue weighted by Gasteiger charge is 2.45. The normalized spacial score (nSPS) is 19.1. The minimum Gasteiger partial charge on any atom is -0.294 e. The summed E-state index contributed by atoms with van der Waals surface area (Å²) in [6.07, 6.45) is 0.556. The molecule has 5 heteroatoms. The molecule has 0 aliphatic carbocycles. The van der Waals surface area contributed by atoms with E-state index < -0.39 is 16.9 Å². The van der Waals surface area contributed by atoms with Crippen LogP contribution in [0.4, 0.5) is 0 Å². The van der Waals surface area contributed by atoms with E-state index in [2.05, 4.69) is 10.4 Å². The molecule has 0 saturated heterocycles. The number of rotatable bonds is 6. The first-order chi connectivity index (χ1) is 6.40. The molecule has 0 aromatic rings. The van der Waals surface area contributed by atoms with Crippen molar-refractivity contribution in [3.63, 3.8) is 0 Å². The highest BCUT2D eigenvalue weighted by atomic mass is 16.3. The fraction of sp³-hybridized carbons (Fsp3) is 0.889. The monoisotopic (exact) mass is 200 g/mol. The van der Waals surface area contributed by atoms with Gasteiger partial charge < -0.3 is 0 Å². The molecule has 0 heterocycles. The van der Waals surface area contributed by atoms with Crippen molar-refractivity contribution >= 4 is 5.78 Å². The van der Waals surface area contributed by atoms with Crippen molar-refractivity contribution in [3.05, 3.63) is 9.81 Å². The van der Waals surface area contributed by atoms with Crippen LogP contribution in [-0.4, -0.2) is 16.9 Å². The quantitative estimate of drug-likeness (QED) is 0.618. The van der Waals surface area contributed by atoms with Crippen LogP contribution in [0, 0.1) is 9.81 Å². The highest BCUT2D eigenvalue weighted by Crippen LogP contribution is 2.27. The van der Waals surface area contributed by atoms with Gasteiger partial charge in [0.25, 0.3) is 0 Å². The smallest absolute Gasteiger partial charge is 0.194 e. The molecule has 0 aromatic heterocycles. The lowest BCUT2D eigenvalue weighted by molar-refractivity contribution is -0.128. The average Bonchev–Trinajstić information content (AvgIpc) is 2.25. The number of carbonyl (C=O) groups excluding carboxylic acids is 1. The molecule has 0 bridgehead atoms. The third-order valence-electron chi connectivity index (χ3n) is 2.76. The predicted molar refractivity (Wildman–Crippen MR) is 54.0 cm³/mol. The Kier molecular flexibility index (Phi) is 4.04. The van der Waals surface area contributed by atoms with Gasteiger partial charge in [0.1, 0.15) is 0 Å². The first kappa shape index (κ1) is 12.9. The Hall–Kier alpha value is -1.13. The Labute approximate surface area is 83.2 Å². The first-order valence-electron chi connectivity index (χ1n) is 4.64. The summed E-state index contributed by atoms with van der Waals surface area (Å²) in [4.78, 5) is 33.0. The molecule has 0 fully saturated rings. The van der Waals surface area contributed by atoms with Crippen molar-refractivity contribution < 1.29 is 4.79 Å². The Morgan fingerprint density at radius 1 is 1.00 bits per heavy atom. The second-order valence-electron chi connectivity index (χ2n) is 3.77. The van der Waals surface area contributed by atoms with Crippen LogP contribution < -0.4 is 0 Å². The van der Waals surface area contributed by atoms with Crippen LogP contribution in [0.3, 0.4) is 0 Å². The number of nitroso groups, excluding NO2 is 2. The molecule has 0 aromatic carbocycles. The van der Waals surface area contributed by atoms with Crippen LogP contribution in [0.15, 0.2) is 10.4 Å². The van der Waals surface area contributed by atoms with E-state index in [4.69, 9.17) is 0 Å². The summed E-state index contributed by atoms with van der Waals surface area (Å²) in [7, 11) is 0. The van der Waals surface area contributed by atoms with Gasteiger partial charge in [-0.3, -0.25) is 4.79 Å². The van der Waals surface area contributed by atoms with Crippen LogP contribution in [0.2, 0.25) is 0 Å². The highest BCUT2D eigenvalue weighted by molar-refractivity contribution is 5.96. The van der Waals surface area contributed by atoms with E-state index in [-0.39, 0.29) is 12.8 Å². The van der Waals surface area contributed by atoms with Gasteiger partial charge in [-0.15, -0.1) is 9.81 Å². The second kappa shape index (κ2) is 4.39. The maximum absolute atomic E-state index is 11.8. The number of hydrogen-bond donors (Lipinski definition) is 0. The van der Waals surface area contributed by atoms with Gasteiger partial charge in [0.15, 0.2) is 16.9 Å². The Morgan fingerprint density at radius 3 is 1.43 bits per heavy atom. The molecule has 2 unspecified atom stereocenters. The zero-order chi connectivity index (χ0) is 11.4. The first-order valence-corrected chi connectivity index (χ1v) is 4.64. The molecule has 0 N–H and O–H groups in total. The standard InChI is InChI=1S/C9H16N2O3/c1-5-8(3,10-13)7(12)9(4,6-2)11-14/h5-6H2,1-4H3. The van der Waals surface area contributed by atoms with Gasteiger partial charge in [-0.1, -0.05) is 24.2 Å². The van der Waals surface area contributed by atoms with E-state index in [1.54, 1.807) is 13.8 Å². The van der Waals surface area contributed by atoms with E-state index in [1.165, 1.54) is 13.8 Å². The van der Waals surface area contributed by atoms with Crippen LogP contribution in [0.1, 0.15) is 40.5 Å². The van der Waals surface area contributed by atoms with Crippen molar-refractivity contribution in [2.75, 3.05) is 0 Å². The molecule has 0 spiro atoms. The Bertz CT molecular complexity index is 230. The maximum atomic E-state index is 11.8. The Balaban J connectivity index is 5.10. The zero-order valence-corrected chi connectivity index (χ0v) is 9.03. The summed E-state index contributed by atoms with van der Waals surface area (Å²) in [5.74, 6) is -0.500. The number of ketones is 1. The molecule has 0 saturated carbocycles. The zero-order valence-electron chi connectivity index (χ0n) is 9.03. The summed E-state index contributed by atoms with van der Waals surface area (Å²) in [6.45, 7) is 6.23. The van der Waals surface area contributed by atoms with Gasteiger partial charge in [-0.2, -0.15) is 0 Å². The number of carbonyl (C=O) groups is 1. The maximum Gasteiger partial charge on any atom is 0.194 e. The number of Topliss-reactive ketones (excluding diaryl/α,β-unsaturated/α-hetero) is 1. The van der Waals surface area contributed by atoms with Crippen molar-refractivity contribution in [2.45, 2.75) is 51.6 Å². The summed E-state index contributed by atoms with van der Waals surface area (Å²) in [6, 6.07) is 0. The second-order valence-corrected chi connectivity index (χ2v) is 3.77. The molecular formula is C9H16N2O3. The molecule has 5 nitrogen and oxygen atoms in total. The lowest BCUT2D eigenvalue weighted by atomic mass is 9.81. The SMILES string of the molecule is CCC(C)(N=O)C(=O)C(C)(CC)N=O. The molecule has 2 atom stereocenters. The van der Waals surface area contributed by atoms with Gasteiger partial charge >= 0.3 is 0 Å². The molecule has 0 rings (SSSR count). The van der Waals surface area contributed by atoms with E-state index in [0.717, 1.165) is 0 Å². The molecule has 80 valence electrons. The van der Waals surface area contributed by atoms with Crippen LogP contribution in [-0.2, 0) is 4.79 Å². The average molecular weight is 200 g/mol. The van der Waals surface area contributed by atoms with Gasteiger partial charge in [0, 0.05) is 0 Å². The third kappa shape index (κ3) is 2.02. The summed E-state index contributed by atoms with van der Waals surface area (Å²) in [5.41, 5.74) is -2.67. The summed E-state index contributed by atoms with van der Waals surface area (Å²) < 4.78 is 0. The van der Waals surface area contributed by atoms with E-state index in [1.807, 2.05) is 0 Å². The largest absolute Gasteiger partial charge is 0.294 e. The number of hydrogen-bond acceptors (Lipinski definition) is 5. The molecule has 14 heavy (non-hydrogen) atoms. The van der Waals surface area contributed by atoms with Crippen molar-refractivity contribution in [1.29, 1.82) is 0 Å². The minimum atomic E-state index is -1.33. The van der Waals surface area contributed by atoms with Crippen molar-refractivity contribution in [1.82, 2.24) is 0 Å². The van der Waals surface area contributed by atoms with Gasteiger partial charge in [-0.25, -0.2) is 0 Å². The lowest BCUT2D eigenvalue weighted by Gasteiger charge is -2.26. The fourth-order valence-corrected chi connectivity index (χ4v) is 1.11. The fourth-order valence-electron chi connectivity index (χ4n) is 1.11. The molecule has 0 aliphatic rings. The predicted octanol–water partition coefficient (Wildman–Crippen LogP) is 2.43. The van der Waals surface area contributed by atoms with Gasteiger partial charge in [0.2, 0.25) is 0 Å². The Morgan fingerprint density at radius 2 is 1.29 bits per heavy atom. The van der Waals surface area contributed by atoms with E-state index >= 15 is 0 Å². The van der Waals surface area contributed by atoms with Gasteiger partial charge in [0.05, 0.1) is 0 Å². The number of nitrogens with zero attached hydrogens (tertiary/aromatic N) is 2. The molecule has 0 radical (unpaired) electrons. The molecular weight excluding hydrogens is 184 g/mol. The summed E-state index contributed by atoms with van der Waals surface area (Å²) in [5, 5.41) is 5.60. The van der Waals surface area contributed by atoms with E-state index in [0.29, 0.717) is 0 Å². The third-order valence-corrected chi connectivity index (χ3v) is 2.76. The van der Waals surface area contributed by atoms with Crippen LogP contribution >= 0.6 is 0 Å². The van der Waals surface area contributed by atoms with Crippen molar-refractivity contribution in [2.24, 2.45) is 10.4 Å². The lowest BCUT2D eigenvalue weighted by Crippen LogP contribution is -2.46. The van der Waals surface area contributed by atoms with Crippen LogP contribution in [0.25, 0.3) is 0 Å². The molecule has 0 amide bonds. The minimum absolute atomic E-state index is 0.278.